The van der Waals surface area contributed by atoms with Crippen molar-refractivity contribution in [3.8, 4) is 0 Å². The molecule has 0 amide bonds. The number of aliphatic hydroxyl groups is 1. The third kappa shape index (κ3) is 3.22. The summed E-state index contributed by atoms with van der Waals surface area (Å²) >= 11 is 8.13. The zero-order valence-corrected chi connectivity index (χ0v) is 12.3. The molecule has 0 radical (unpaired) electrons. The van der Waals surface area contributed by atoms with Crippen molar-refractivity contribution in [2.24, 2.45) is 0 Å². The fraction of sp³-hybridized carbons (Fsp3) is 0.143. The Bertz CT molecular complexity index is 522. The third-order valence-corrected chi connectivity index (χ3v) is 3.79. The Kier molecular flexibility index (Phi) is 4.59. The molecule has 2 aromatic rings. The van der Waals surface area contributed by atoms with Crippen LogP contribution < -0.4 is 0 Å². The summed E-state index contributed by atoms with van der Waals surface area (Å²) in [7, 11) is 0. The van der Waals surface area contributed by atoms with Gasteiger partial charge in [0.2, 0.25) is 0 Å². The second-order valence-electron chi connectivity index (χ2n) is 3.97. The maximum atomic E-state index is 13.6. The molecule has 0 bridgehead atoms. The number of hydrogen-bond acceptors (Lipinski definition) is 1. The van der Waals surface area contributed by atoms with E-state index in [1.165, 1.54) is 6.07 Å². The fourth-order valence-electron chi connectivity index (χ4n) is 1.72. The van der Waals surface area contributed by atoms with Gasteiger partial charge in [-0.3, -0.25) is 0 Å². The maximum Gasteiger partial charge on any atom is 0.127 e. The van der Waals surface area contributed by atoms with Crippen molar-refractivity contribution in [1.29, 1.82) is 0 Å². The molecule has 1 unspecified atom stereocenters. The molecule has 18 heavy (non-hydrogen) atoms. The molecule has 0 aliphatic carbocycles. The first-order valence-corrected chi connectivity index (χ1v) is 6.90. The second-order valence-corrected chi connectivity index (χ2v) is 5.62. The molecule has 94 valence electrons. The van der Waals surface area contributed by atoms with Gasteiger partial charge >= 0.3 is 0 Å². The lowest BCUT2D eigenvalue weighted by Crippen LogP contribution is -2.04. The van der Waals surface area contributed by atoms with Gasteiger partial charge in [0.15, 0.2) is 0 Å². The Hall–Kier alpha value is -0.650. The molecule has 2 aromatic carbocycles. The van der Waals surface area contributed by atoms with Gasteiger partial charge in [-0.25, -0.2) is 4.39 Å². The van der Waals surface area contributed by atoms with Gasteiger partial charge in [0.1, 0.15) is 5.82 Å². The number of halogens is 3. The minimum absolute atomic E-state index is 0.173. The monoisotopic (exact) mass is 376 g/mol. The molecule has 0 heterocycles. The number of aliphatic hydroxyl groups excluding tert-OH is 1. The quantitative estimate of drug-likeness (QED) is 0.789. The Morgan fingerprint density at radius 1 is 1.17 bits per heavy atom. The summed E-state index contributed by atoms with van der Waals surface area (Å²) in [6.07, 6.45) is -0.581. The van der Waals surface area contributed by atoms with Crippen LogP contribution in [0.2, 0.25) is 5.02 Å². The SMILES string of the molecule is OC(Cc1c(F)cccc1Cl)c1ccc(I)cc1. The number of benzene rings is 2. The highest BCUT2D eigenvalue weighted by Crippen LogP contribution is 2.26. The molecular weight excluding hydrogens is 366 g/mol. The molecule has 0 aromatic heterocycles. The van der Waals surface area contributed by atoms with E-state index in [-0.39, 0.29) is 12.2 Å². The van der Waals surface area contributed by atoms with Crippen molar-refractivity contribution in [2.75, 3.05) is 0 Å². The first-order valence-electron chi connectivity index (χ1n) is 5.44. The zero-order valence-electron chi connectivity index (χ0n) is 9.41. The van der Waals surface area contributed by atoms with Gasteiger partial charge in [-0.2, -0.15) is 0 Å². The molecule has 0 saturated heterocycles. The lowest BCUT2D eigenvalue weighted by atomic mass is 10.0. The van der Waals surface area contributed by atoms with E-state index in [0.717, 1.165) is 9.13 Å². The first-order chi connectivity index (χ1) is 8.58. The molecule has 1 atom stereocenters. The van der Waals surface area contributed by atoms with E-state index in [1.807, 2.05) is 24.3 Å². The lowest BCUT2D eigenvalue weighted by molar-refractivity contribution is 0.177. The normalized spacial score (nSPS) is 12.4. The summed E-state index contributed by atoms with van der Waals surface area (Å²) in [4.78, 5) is 0. The zero-order chi connectivity index (χ0) is 13.1. The molecule has 1 nitrogen and oxygen atoms in total. The van der Waals surface area contributed by atoms with Crippen LogP contribution in [0.15, 0.2) is 42.5 Å². The van der Waals surface area contributed by atoms with E-state index in [2.05, 4.69) is 22.6 Å². The van der Waals surface area contributed by atoms with E-state index >= 15 is 0 Å². The topological polar surface area (TPSA) is 20.2 Å². The van der Waals surface area contributed by atoms with E-state index in [4.69, 9.17) is 11.6 Å². The Morgan fingerprint density at radius 2 is 1.83 bits per heavy atom. The number of hydrogen-bond donors (Lipinski definition) is 1. The van der Waals surface area contributed by atoms with Crippen LogP contribution in [0.3, 0.4) is 0 Å². The predicted octanol–water partition coefficient (Wildman–Crippen LogP) is 4.36. The highest BCUT2D eigenvalue weighted by atomic mass is 127. The van der Waals surface area contributed by atoms with Crippen LogP contribution in [0, 0.1) is 9.39 Å². The molecule has 2 rings (SSSR count). The highest BCUT2D eigenvalue weighted by Gasteiger charge is 2.14. The molecule has 1 N–H and O–H groups in total. The largest absolute Gasteiger partial charge is 0.388 e. The molecule has 0 spiro atoms. The van der Waals surface area contributed by atoms with Gasteiger partial charge in [0, 0.05) is 20.6 Å². The van der Waals surface area contributed by atoms with Crippen molar-refractivity contribution in [1.82, 2.24) is 0 Å². The van der Waals surface area contributed by atoms with E-state index < -0.39 is 6.10 Å². The summed E-state index contributed by atoms with van der Waals surface area (Å²) in [5.41, 5.74) is 1.11. The van der Waals surface area contributed by atoms with Crippen LogP contribution in [0.4, 0.5) is 4.39 Å². The molecule has 0 fully saturated rings. The minimum Gasteiger partial charge on any atom is -0.388 e. The smallest absolute Gasteiger partial charge is 0.127 e. The van der Waals surface area contributed by atoms with Crippen LogP contribution in [-0.2, 0) is 6.42 Å². The third-order valence-electron chi connectivity index (χ3n) is 2.71. The summed E-state index contributed by atoms with van der Waals surface area (Å²) in [6, 6.07) is 12.0. The van der Waals surface area contributed by atoms with Gasteiger partial charge in [-0.1, -0.05) is 29.8 Å². The summed E-state index contributed by atoms with van der Waals surface area (Å²) < 4.78 is 14.7. The van der Waals surface area contributed by atoms with Crippen LogP contribution in [0.1, 0.15) is 17.2 Å². The second kappa shape index (κ2) is 5.99. The number of rotatable bonds is 3. The fourth-order valence-corrected chi connectivity index (χ4v) is 2.32. The minimum atomic E-state index is -0.753. The van der Waals surface area contributed by atoms with Crippen LogP contribution in [0.25, 0.3) is 0 Å². The standard InChI is InChI=1S/C14H11ClFIO/c15-12-2-1-3-13(16)11(12)8-14(18)9-4-6-10(17)7-5-9/h1-7,14,18H,8H2. The maximum absolute atomic E-state index is 13.6. The van der Waals surface area contributed by atoms with Gasteiger partial charge < -0.3 is 5.11 Å². The van der Waals surface area contributed by atoms with Gasteiger partial charge in [-0.15, -0.1) is 0 Å². The lowest BCUT2D eigenvalue weighted by Gasteiger charge is -2.13. The summed E-state index contributed by atoms with van der Waals surface area (Å²) in [6.45, 7) is 0. The average Bonchev–Trinajstić information content (AvgIpc) is 2.34. The van der Waals surface area contributed by atoms with Crippen molar-refractivity contribution in [3.05, 3.63) is 68.0 Å². The van der Waals surface area contributed by atoms with Crippen LogP contribution in [0.5, 0.6) is 0 Å². The van der Waals surface area contributed by atoms with Crippen molar-refractivity contribution in [3.63, 3.8) is 0 Å². The van der Waals surface area contributed by atoms with Gasteiger partial charge in [-0.05, 0) is 52.4 Å². The highest BCUT2D eigenvalue weighted by molar-refractivity contribution is 14.1. The Labute approximate surface area is 124 Å². The van der Waals surface area contributed by atoms with E-state index in [9.17, 15) is 9.50 Å². The van der Waals surface area contributed by atoms with Crippen molar-refractivity contribution >= 4 is 34.2 Å². The van der Waals surface area contributed by atoms with Crippen LogP contribution >= 0.6 is 34.2 Å². The molecular formula is C14H11ClFIO. The van der Waals surface area contributed by atoms with Gasteiger partial charge in [0.05, 0.1) is 6.10 Å². The average molecular weight is 377 g/mol. The molecule has 0 aliphatic heterocycles. The molecule has 0 saturated carbocycles. The summed E-state index contributed by atoms with van der Waals surface area (Å²) in [5, 5.41) is 10.4. The predicted molar refractivity (Wildman–Crippen MR) is 79.2 cm³/mol. The molecule has 0 aliphatic rings. The van der Waals surface area contributed by atoms with E-state index in [1.54, 1.807) is 12.1 Å². The molecule has 4 heteroatoms. The van der Waals surface area contributed by atoms with E-state index in [0.29, 0.717) is 10.6 Å². The van der Waals surface area contributed by atoms with Crippen molar-refractivity contribution < 1.29 is 9.50 Å². The van der Waals surface area contributed by atoms with Crippen molar-refractivity contribution in [2.45, 2.75) is 12.5 Å². The van der Waals surface area contributed by atoms with Gasteiger partial charge in [0.25, 0.3) is 0 Å². The Balaban J connectivity index is 2.21. The Morgan fingerprint density at radius 3 is 2.44 bits per heavy atom. The van der Waals surface area contributed by atoms with Crippen LogP contribution in [-0.4, -0.2) is 5.11 Å². The first kappa shape index (κ1) is 13.8. The summed E-state index contributed by atoms with van der Waals surface area (Å²) in [5.74, 6) is -0.382.